The highest BCUT2D eigenvalue weighted by Gasteiger charge is 2.40. The summed E-state index contributed by atoms with van der Waals surface area (Å²) in [6.45, 7) is 6.62. The van der Waals surface area contributed by atoms with E-state index in [9.17, 15) is 4.79 Å². The van der Waals surface area contributed by atoms with Crippen LogP contribution in [0.25, 0.3) is 10.2 Å². The van der Waals surface area contributed by atoms with Crippen LogP contribution in [0.15, 0.2) is 29.1 Å². The van der Waals surface area contributed by atoms with Crippen LogP contribution in [0.2, 0.25) is 0 Å². The summed E-state index contributed by atoms with van der Waals surface area (Å²) >= 11 is 1.38. The molecule has 0 radical (unpaired) electrons. The van der Waals surface area contributed by atoms with Gasteiger partial charge in [0.25, 0.3) is 0 Å². The van der Waals surface area contributed by atoms with Gasteiger partial charge in [-0.2, -0.15) is 0 Å². The molecule has 0 amide bonds. The van der Waals surface area contributed by atoms with Gasteiger partial charge in [0.15, 0.2) is 0 Å². The third-order valence-electron chi connectivity index (χ3n) is 6.79. The largest absolute Gasteiger partial charge is 0.308 e. The molecule has 3 nitrogen and oxygen atoms in total. The fourth-order valence-corrected chi connectivity index (χ4v) is 6.42. The molecule has 2 unspecified atom stereocenters. The molecule has 27 heavy (non-hydrogen) atoms. The molecule has 0 spiro atoms. The second-order valence-corrected chi connectivity index (χ2v) is 9.96. The molecule has 2 aliphatic heterocycles. The Morgan fingerprint density at radius 3 is 2.59 bits per heavy atom. The van der Waals surface area contributed by atoms with Crippen molar-refractivity contribution in [2.24, 2.45) is 11.8 Å². The van der Waals surface area contributed by atoms with Gasteiger partial charge in [-0.1, -0.05) is 63.0 Å². The summed E-state index contributed by atoms with van der Waals surface area (Å²) in [5.41, 5.74) is 1.11. The van der Waals surface area contributed by atoms with Crippen molar-refractivity contribution in [3.05, 3.63) is 33.9 Å². The van der Waals surface area contributed by atoms with Crippen molar-refractivity contribution in [2.75, 3.05) is 6.54 Å². The summed E-state index contributed by atoms with van der Waals surface area (Å²) in [5, 5.41) is 0. The Morgan fingerprint density at radius 1 is 1.11 bits per heavy atom. The Morgan fingerprint density at radius 2 is 1.85 bits per heavy atom. The quantitative estimate of drug-likeness (QED) is 0.558. The number of thiazole rings is 1. The van der Waals surface area contributed by atoms with E-state index in [0.29, 0.717) is 5.92 Å². The van der Waals surface area contributed by atoms with E-state index in [2.05, 4.69) is 30.9 Å². The lowest BCUT2D eigenvalue weighted by Crippen LogP contribution is -2.45. The number of unbranched alkanes of at least 4 members (excludes halogenated alkanes) is 2. The van der Waals surface area contributed by atoms with Crippen molar-refractivity contribution >= 4 is 21.6 Å². The Kier molecular flexibility index (Phi) is 6.03. The molecular weight excluding hydrogens is 352 g/mol. The molecule has 4 rings (SSSR count). The number of rotatable bonds is 8. The molecule has 0 aliphatic carbocycles. The molecule has 1 aromatic heterocycles. The molecule has 148 valence electrons. The highest BCUT2D eigenvalue weighted by molar-refractivity contribution is 7.16. The van der Waals surface area contributed by atoms with Gasteiger partial charge in [-0.3, -0.25) is 14.3 Å². The minimum atomic E-state index is 0.195. The minimum Gasteiger partial charge on any atom is -0.298 e. The SMILES string of the molecule is CCCCCC1C[C@H]2CC[C@@H](C1)N2CC(C)Cn1c(=O)sc2ccccc21. The maximum absolute atomic E-state index is 12.4. The van der Waals surface area contributed by atoms with Gasteiger partial charge < -0.3 is 0 Å². The van der Waals surface area contributed by atoms with Crippen molar-refractivity contribution < 1.29 is 0 Å². The first kappa shape index (κ1) is 19.2. The van der Waals surface area contributed by atoms with Crippen LogP contribution >= 0.6 is 11.3 Å². The number of nitrogens with zero attached hydrogens (tertiary/aromatic N) is 2. The van der Waals surface area contributed by atoms with Gasteiger partial charge in [-0.15, -0.1) is 0 Å². The molecule has 1 aromatic carbocycles. The van der Waals surface area contributed by atoms with E-state index >= 15 is 0 Å². The molecule has 2 aromatic rings. The fraction of sp³-hybridized carbons (Fsp3) is 0.696. The summed E-state index contributed by atoms with van der Waals surface area (Å²) in [6, 6.07) is 9.81. The first-order valence-corrected chi connectivity index (χ1v) is 11.8. The van der Waals surface area contributed by atoms with Crippen LogP contribution in [0.4, 0.5) is 0 Å². The summed E-state index contributed by atoms with van der Waals surface area (Å²) in [7, 11) is 0. The Labute approximate surface area is 167 Å². The summed E-state index contributed by atoms with van der Waals surface area (Å²) in [6.07, 6.45) is 11.2. The number of piperidine rings is 1. The molecule has 0 N–H and O–H groups in total. The lowest BCUT2D eigenvalue weighted by atomic mass is 9.86. The normalized spacial score (nSPS) is 26.7. The monoisotopic (exact) mass is 386 g/mol. The average molecular weight is 387 g/mol. The van der Waals surface area contributed by atoms with Crippen molar-refractivity contribution in [2.45, 2.75) is 83.8 Å². The minimum absolute atomic E-state index is 0.195. The van der Waals surface area contributed by atoms with Gasteiger partial charge >= 0.3 is 4.87 Å². The van der Waals surface area contributed by atoms with E-state index in [0.717, 1.165) is 41.3 Å². The number of para-hydroxylation sites is 1. The number of hydrogen-bond acceptors (Lipinski definition) is 3. The Bertz CT molecular complexity index is 796. The molecule has 2 fully saturated rings. The Hall–Kier alpha value is -1.13. The van der Waals surface area contributed by atoms with Crippen LogP contribution in [-0.4, -0.2) is 28.1 Å². The topological polar surface area (TPSA) is 25.2 Å². The van der Waals surface area contributed by atoms with Gasteiger partial charge in [-0.05, 0) is 49.7 Å². The van der Waals surface area contributed by atoms with Crippen LogP contribution in [-0.2, 0) is 6.54 Å². The molecule has 2 saturated heterocycles. The van der Waals surface area contributed by atoms with E-state index in [1.807, 2.05) is 16.7 Å². The van der Waals surface area contributed by atoms with Crippen molar-refractivity contribution in [3.8, 4) is 0 Å². The number of fused-ring (bicyclic) bond motifs is 3. The first-order chi connectivity index (χ1) is 13.2. The molecule has 3 heterocycles. The molecule has 0 saturated carbocycles. The van der Waals surface area contributed by atoms with Gasteiger partial charge in [0.1, 0.15) is 0 Å². The maximum Gasteiger partial charge on any atom is 0.308 e. The number of hydrogen-bond donors (Lipinski definition) is 0. The molecular formula is C23H34N2OS. The summed E-state index contributed by atoms with van der Waals surface area (Å²) < 4.78 is 3.12. The molecule has 2 bridgehead atoms. The van der Waals surface area contributed by atoms with E-state index in [-0.39, 0.29) is 4.87 Å². The van der Waals surface area contributed by atoms with Crippen molar-refractivity contribution in [3.63, 3.8) is 0 Å². The van der Waals surface area contributed by atoms with Gasteiger partial charge in [0.05, 0.1) is 10.2 Å². The zero-order valence-corrected chi connectivity index (χ0v) is 17.7. The lowest BCUT2D eigenvalue weighted by Gasteiger charge is -2.40. The molecule has 2 aliphatic rings. The van der Waals surface area contributed by atoms with Gasteiger partial charge in [0.2, 0.25) is 0 Å². The standard InChI is InChI=1S/C23H34N2OS/c1-3-4-5-8-18-13-19-11-12-20(14-18)24(19)15-17(2)16-25-21-9-6-7-10-22(21)27-23(25)26/h6-7,9-10,17-20H,3-5,8,11-16H2,1-2H3/t17?,18?,19-,20+. The van der Waals surface area contributed by atoms with Crippen LogP contribution in [0, 0.1) is 11.8 Å². The first-order valence-electron chi connectivity index (χ1n) is 11.0. The van der Waals surface area contributed by atoms with Crippen LogP contribution in [0.5, 0.6) is 0 Å². The summed E-state index contributed by atoms with van der Waals surface area (Å²) in [4.78, 5) is 15.4. The van der Waals surface area contributed by atoms with Gasteiger partial charge in [0, 0.05) is 25.2 Å². The molecule has 4 heteroatoms. The second kappa shape index (κ2) is 8.48. The summed E-state index contributed by atoms with van der Waals surface area (Å²) in [5.74, 6) is 1.48. The smallest absolute Gasteiger partial charge is 0.298 e. The maximum atomic E-state index is 12.4. The van der Waals surface area contributed by atoms with Crippen LogP contribution < -0.4 is 4.87 Å². The zero-order valence-electron chi connectivity index (χ0n) is 16.9. The van der Waals surface area contributed by atoms with E-state index in [1.54, 1.807) is 0 Å². The zero-order chi connectivity index (χ0) is 18.8. The van der Waals surface area contributed by atoms with Crippen molar-refractivity contribution in [1.82, 2.24) is 9.47 Å². The highest BCUT2D eigenvalue weighted by atomic mass is 32.1. The predicted molar refractivity (Wildman–Crippen MR) is 116 cm³/mol. The highest BCUT2D eigenvalue weighted by Crippen LogP contribution is 2.40. The lowest BCUT2D eigenvalue weighted by molar-refractivity contribution is 0.0819. The van der Waals surface area contributed by atoms with E-state index in [4.69, 9.17) is 0 Å². The fourth-order valence-electron chi connectivity index (χ4n) is 5.52. The van der Waals surface area contributed by atoms with Gasteiger partial charge in [-0.25, -0.2) is 0 Å². The average Bonchev–Trinajstić information content (AvgIpc) is 3.07. The third kappa shape index (κ3) is 4.17. The van der Waals surface area contributed by atoms with Crippen molar-refractivity contribution in [1.29, 1.82) is 0 Å². The predicted octanol–water partition coefficient (Wildman–Crippen LogP) is 5.52. The van der Waals surface area contributed by atoms with E-state index < -0.39 is 0 Å². The number of benzene rings is 1. The Balaban J connectivity index is 1.37. The van der Waals surface area contributed by atoms with Crippen LogP contribution in [0.3, 0.4) is 0 Å². The third-order valence-corrected chi connectivity index (χ3v) is 7.75. The van der Waals surface area contributed by atoms with Crippen LogP contribution in [0.1, 0.15) is 65.2 Å². The second-order valence-electron chi connectivity index (χ2n) is 8.97. The number of aromatic nitrogens is 1. The molecule has 4 atom stereocenters. The van der Waals surface area contributed by atoms with E-state index in [1.165, 1.54) is 62.7 Å².